The predicted octanol–water partition coefficient (Wildman–Crippen LogP) is 5.86. The van der Waals surface area contributed by atoms with E-state index in [4.69, 9.17) is 5.26 Å². The summed E-state index contributed by atoms with van der Waals surface area (Å²) in [5, 5.41) is 8.35. The van der Waals surface area contributed by atoms with Crippen LogP contribution in [0.15, 0.2) is 30.1 Å². The molecule has 1 saturated carbocycles. The highest BCUT2D eigenvalue weighted by Gasteiger charge is 2.20. The molecule has 1 nitrogen and oxygen atoms in total. The number of rotatable bonds is 6. The molecule has 0 amide bonds. The fourth-order valence-corrected chi connectivity index (χ4v) is 3.37. The average molecular weight is 321 g/mol. The predicted molar refractivity (Wildman–Crippen MR) is 84.2 cm³/mol. The highest BCUT2D eigenvalue weighted by atomic mass is 19.2. The van der Waals surface area contributed by atoms with Crippen LogP contribution in [-0.4, -0.2) is 0 Å². The molecule has 4 heteroatoms. The third-order valence-electron chi connectivity index (χ3n) is 4.80. The molecule has 1 aliphatic carbocycles. The van der Waals surface area contributed by atoms with Gasteiger partial charge in [0.25, 0.3) is 0 Å². The summed E-state index contributed by atoms with van der Waals surface area (Å²) in [6.07, 6.45) is 9.25. The monoisotopic (exact) mass is 321 g/mol. The number of nitrogens with zero attached hydrogens (tertiary/aromatic N) is 1. The molecule has 0 heterocycles. The topological polar surface area (TPSA) is 23.8 Å². The standard InChI is InChI=1S/C19H22F3N/c20-17(13-23)3-1-2-14-4-6-15(7-5-14)8-9-16-10-11-18(21)19(22)12-16/h3,10-12,14-15H,1-2,4-9H2/t14-,15-. The molecule has 0 aliphatic heterocycles. The van der Waals surface area contributed by atoms with Crippen LogP contribution >= 0.6 is 0 Å². The number of halogens is 3. The van der Waals surface area contributed by atoms with Gasteiger partial charge >= 0.3 is 0 Å². The van der Waals surface area contributed by atoms with Gasteiger partial charge < -0.3 is 0 Å². The SMILES string of the molecule is N#CC(F)=CCC[C@H]1CC[C@H](CCc2ccc(F)c(F)c2)CC1. The van der Waals surface area contributed by atoms with Crippen molar-refractivity contribution in [3.05, 3.63) is 47.3 Å². The molecule has 0 radical (unpaired) electrons. The average Bonchev–Trinajstić information content (AvgIpc) is 2.57. The van der Waals surface area contributed by atoms with E-state index in [0.717, 1.165) is 50.5 Å². The molecule has 1 aromatic rings. The normalized spacial score (nSPS) is 21.9. The second-order valence-electron chi connectivity index (χ2n) is 6.42. The van der Waals surface area contributed by atoms with Gasteiger partial charge in [0.2, 0.25) is 0 Å². The van der Waals surface area contributed by atoms with Gasteiger partial charge in [-0.3, -0.25) is 0 Å². The summed E-state index contributed by atoms with van der Waals surface area (Å²) in [5.41, 5.74) is 0.850. The van der Waals surface area contributed by atoms with E-state index in [2.05, 4.69) is 0 Å². The van der Waals surface area contributed by atoms with Crippen molar-refractivity contribution in [2.75, 3.05) is 0 Å². The first kappa shape index (κ1) is 17.6. The second-order valence-corrected chi connectivity index (χ2v) is 6.42. The molecule has 0 saturated heterocycles. The number of aryl methyl sites for hydroxylation is 1. The van der Waals surface area contributed by atoms with Gasteiger partial charge in [0.15, 0.2) is 17.5 Å². The molecule has 23 heavy (non-hydrogen) atoms. The van der Waals surface area contributed by atoms with Gasteiger partial charge in [-0.05, 0) is 61.3 Å². The van der Waals surface area contributed by atoms with Crippen molar-refractivity contribution in [3.8, 4) is 6.07 Å². The Bertz CT molecular complexity index is 581. The van der Waals surface area contributed by atoms with E-state index in [1.807, 2.05) is 0 Å². The minimum absolute atomic E-state index is 0.609. The van der Waals surface area contributed by atoms with Crippen LogP contribution in [0, 0.1) is 34.8 Å². The van der Waals surface area contributed by atoms with Crippen molar-refractivity contribution >= 4 is 0 Å². The summed E-state index contributed by atoms with van der Waals surface area (Å²) < 4.78 is 38.8. The summed E-state index contributed by atoms with van der Waals surface area (Å²) in [6, 6.07) is 5.63. The Morgan fingerprint density at radius 2 is 1.74 bits per heavy atom. The molecule has 0 aromatic heterocycles. The van der Waals surface area contributed by atoms with Gasteiger partial charge in [-0.25, -0.2) is 8.78 Å². The molecule has 124 valence electrons. The first-order valence-electron chi connectivity index (χ1n) is 8.28. The Kier molecular flexibility index (Phi) is 6.70. The lowest BCUT2D eigenvalue weighted by atomic mass is 9.78. The zero-order chi connectivity index (χ0) is 16.7. The van der Waals surface area contributed by atoms with E-state index in [1.165, 1.54) is 24.3 Å². The number of hydrogen-bond donors (Lipinski definition) is 0. The molecule has 1 aromatic carbocycles. The van der Waals surface area contributed by atoms with Crippen molar-refractivity contribution in [2.45, 2.75) is 51.4 Å². The van der Waals surface area contributed by atoms with Crippen molar-refractivity contribution in [1.29, 1.82) is 5.26 Å². The molecule has 0 bridgehead atoms. The minimum Gasteiger partial charge on any atom is -0.204 e. The van der Waals surface area contributed by atoms with Crippen LogP contribution in [0.2, 0.25) is 0 Å². The van der Waals surface area contributed by atoms with Gasteiger partial charge in [-0.1, -0.05) is 31.7 Å². The Balaban J connectivity index is 1.68. The molecule has 2 rings (SSSR count). The van der Waals surface area contributed by atoms with Crippen LogP contribution in [0.5, 0.6) is 0 Å². The van der Waals surface area contributed by atoms with E-state index in [0.29, 0.717) is 18.3 Å². The number of allylic oxidation sites excluding steroid dienone is 2. The largest absolute Gasteiger partial charge is 0.204 e. The van der Waals surface area contributed by atoms with Crippen LogP contribution in [0.25, 0.3) is 0 Å². The van der Waals surface area contributed by atoms with Crippen LogP contribution < -0.4 is 0 Å². The maximum Gasteiger partial charge on any atom is 0.196 e. The van der Waals surface area contributed by atoms with E-state index >= 15 is 0 Å². The highest BCUT2D eigenvalue weighted by Crippen LogP contribution is 2.34. The Morgan fingerprint density at radius 1 is 1.09 bits per heavy atom. The van der Waals surface area contributed by atoms with Crippen LogP contribution in [-0.2, 0) is 6.42 Å². The zero-order valence-corrected chi connectivity index (χ0v) is 13.2. The fraction of sp³-hybridized carbons (Fsp3) is 0.526. The summed E-state index contributed by atoms with van der Waals surface area (Å²) in [6.45, 7) is 0. The van der Waals surface area contributed by atoms with E-state index in [-0.39, 0.29) is 0 Å². The molecule has 1 aliphatic rings. The third kappa shape index (κ3) is 5.74. The maximum atomic E-state index is 13.2. The quantitative estimate of drug-likeness (QED) is 0.602. The van der Waals surface area contributed by atoms with Crippen LogP contribution in [0.3, 0.4) is 0 Å². The lowest BCUT2D eigenvalue weighted by Gasteiger charge is -2.28. The molecular weight excluding hydrogens is 299 g/mol. The molecule has 0 spiro atoms. The zero-order valence-electron chi connectivity index (χ0n) is 13.2. The molecule has 0 unspecified atom stereocenters. The first-order valence-corrected chi connectivity index (χ1v) is 8.28. The summed E-state index contributed by atoms with van der Waals surface area (Å²) in [5.74, 6) is -1.02. The Hall–Kier alpha value is -1.76. The molecular formula is C19H22F3N. The van der Waals surface area contributed by atoms with E-state index < -0.39 is 17.5 Å². The van der Waals surface area contributed by atoms with Crippen molar-refractivity contribution in [3.63, 3.8) is 0 Å². The second kappa shape index (κ2) is 8.76. The van der Waals surface area contributed by atoms with Gasteiger partial charge in [-0.2, -0.15) is 9.65 Å². The fourth-order valence-electron chi connectivity index (χ4n) is 3.37. The summed E-state index contributed by atoms with van der Waals surface area (Å²) in [4.78, 5) is 0. The van der Waals surface area contributed by atoms with Crippen LogP contribution in [0.1, 0.15) is 50.5 Å². The van der Waals surface area contributed by atoms with Gasteiger partial charge in [0, 0.05) is 0 Å². The first-order chi connectivity index (χ1) is 11.1. The van der Waals surface area contributed by atoms with Gasteiger partial charge in [0.05, 0.1) is 0 Å². The lowest BCUT2D eigenvalue weighted by Crippen LogP contribution is -2.15. The van der Waals surface area contributed by atoms with Crippen LogP contribution in [0.4, 0.5) is 13.2 Å². The lowest BCUT2D eigenvalue weighted by molar-refractivity contribution is 0.254. The number of nitriles is 1. The Labute approximate surface area is 135 Å². The molecule has 0 N–H and O–H groups in total. The summed E-state index contributed by atoms with van der Waals surface area (Å²) >= 11 is 0. The highest BCUT2D eigenvalue weighted by molar-refractivity contribution is 5.17. The van der Waals surface area contributed by atoms with Crippen molar-refractivity contribution < 1.29 is 13.2 Å². The number of benzene rings is 1. The summed E-state index contributed by atoms with van der Waals surface area (Å²) in [7, 11) is 0. The Morgan fingerprint density at radius 3 is 2.35 bits per heavy atom. The van der Waals surface area contributed by atoms with Crippen molar-refractivity contribution in [2.24, 2.45) is 11.8 Å². The van der Waals surface area contributed by atoms with Crippen molar-refractivity contribution in [1.82, 2.24) is 0 Å². The van der Waals surface area contributed by atoms with E-state index in [9.17, 15) is 13.2 Å². The smallest absolute Gasteiger partial charge is 0.196 e. The minimum atomic E-state index is -0.795. The molecule has 1 fully saturated rings. The van der Waals surface area contributed by atoms with E-state index in [1.54, 1.807) is 6.07 Å². The maximum absolute atomic E-state index is 13.2. The number of hydrogen-bond acceptors (Lipinski definition) is 1. The van der Waals surface area contributed by atoms with Gasteiger partial charge in [0.1, 0.15) is 6.07 Å². The van der Waals surface area contributed by atoms with Gasteiger partial charge in [-0.15, -0.1) is 0 Å². The molecule has 0 atom stereocenters. The third-order valence-corrected chi connectivity index (χ3v) is 4.80.